The molecule has 0 atom stereocenters. The van der Waals surface area contributed by atoms with Crippen molar-refractivity contribution in [3.05, 3.63) is 99.1 Å². The van der Waals surface area contributed by atoms with Gasteiger partial charge in [-0.1, -0.05) is 24.3 Å². The average Bonchev–Trinajstić information content (AvgIpc) is 3.14. The predicted octanol–water partition coefficient (Wildman–Crippen LogP) is 2.95. The van der Waals surface area contributed by atoms with Crippen LogP contribution >= 0.6 is 0 Å². The Morgan fingerprint density at radius 1 is 0.737 bits per heavy atom. The smallest absolute Gasteiger partial charge is 0.392 e. The Bertz CT molecular complexity index is 333. The first kappa shape index (κ1) is 16.8. The maximum absolute atomic E-state index is 9.12. The molecule has 1 aromatic rings. The van der Waals surface area contributed by atoms with Gasteiger partial charge >= 0.3 is 17.1 Å². The summed E-state index contributed by atoms with van der Waals surface area (Å²) in [6.45, 7) is 0.0986. The molecule has 3 rings (SSSR count). The van der Waals surface area contributed by atoms with Crippen LogP contribution in [0.5, 0.6) is 0 Å². The zero-order chi connectivity index (χ0) is 12.6. The van der Waals surface area contributed by atoms with Crippen LogP contribution < -0.4 is 0 Å². The summed E-state index contributed by atoms with van der Waals surface area (Å²) in [5.74, 6) is 1.17. The molecule has 0 unspecified atom stereocenters. The van der Waals surface area contributed by atoms with Gasteiger partial charge in [0.05, 0.1) is 6.61 Å². The van der Waals surface area contributed by atoms with Gasteiger partial charge in [0.1, 0.15) is 0 Å². The molecular weight excluding hydrogens is 276 g/mol. The quantitative estimate of drug-likeness (QED) is 0.831. The number of aliphatic hydroxyl groups excluding tert-OH is 1. The normalized spacial score (nSPS) is 18.6. The Morgan fingerprint density at radius 3 is 1.79 bits per heavy atom. The van der Waals surface area contributed by atoms with Crippen molar-refractivity contribution >= 4 is 0 Å². The van der Waals surface area contributed by atoms with Gasteiger partial charge in [0.2, 0.25) is 0 Å². The van der Waals surface area contributed by atoms with Gasteiger partial charge in [-0.25, -0.2) is 0 Å². The molecule has 2 saturated carbocycles. The zero-order valence-electron chi connectivity index (χ0n) is 10.5. The van der Waals surface area contributed by atoms with Crippen molar-refractivity contribution in [1.29, 1.82) is 0 Å². The van der Waals surface area contributed by atoms with Crippen molar-refractivity contribution in [2.45, 2.75) is 6.61 Å². The second-order valence-electron chi connectivity index (χ2n) is 3.95. The van der Waals surface area contributed by atoms with E-state index in [1.807, 2.05) is 69.2 Å². The van der Waals surface area contributed by atoms with Gasteiger partial charge in [0.25, 0.3) is 0 Å². The Hall–Kier alpha value is -0.301. The summed E-state index contributed by atoms with van der Waals surface area (Å²) in [4.78, 5) is 0. The number of hydrogen-bond donors (Lipinski definition) is 1. The van der Waals surface area contributed by atoms with E-state index in [1.165, 1.54) is 5.92 Å². The minimum atomic E-state index is 0. The molecule has 2 aliphatic carbocycles. The van der Waals surface area contributed by atoms with Crippen LogP contribution in [0, 0.1) is 63.7 Å². The molecule has 1 aromatic carbocycles. The first-order chi connectivity index (χ1) is 8.92. The average molecular weight is 292 g/mol. The van der Waals surface area contributed by atoms with Gasteiger partial charge in [-0.2, -0.15) is 0 Å². The van der Waals surface area contributed by atoms with Crippen LogP contribution in [-0.2, 0) is 23.7 Å². The summed E-state index contributed by atoms with van der Waals surface area (Å²) in [6, 6.07) is 7.91. The fourth-order valence-corrected chi connectivity index (χ4v) is 1.81. The van der Waals surface area contributed by atoms with Crippen molar-refractivity contribution in [3.8, 4) is 0 Å². The molecule has 0 saturated heterocycles. The molecular formula is C17H16FeO+2. The molecule has 2 aliphatic rings. The van der Waals surface area contributed by atoms with Crippen LogP contribution in [0.1, 0.15) is 11.1 Å². The number of hydrogen-bond acceptors (Lipinski definition) is 1. The van der Waals surface area contributed by atoms with Gasteiger partial charge < -0.3 is 5.11 Å². The Balaban J connectivity index is 0.000000256. The summed E-state index contributed by atoms with van der Waals surface area (Å²) < 4.78 is 0. The SMILES string of the molecule is OCc1ccccc1[C]1[CH][CH][CH][CH]1.[CH]1[CH][CH][CH][CH]1.[Fe+2]. The van der Waals surface area contributed by atoms with Crippen molar-refractivity contribution in [3.63, 3.8) is 0 Å². The molecule has 2 heteroatoms. The van der Waals surface area contributed by atoms with Crippen LogP contribution in [0.4, 0.5) is 0 Å². The van der Waals surface area contributed by atoms with Gasteiger partial charge in [0, 0.05) is 5.92 Å². The molecule has 2 fully saturated rings. The number of rotatable bonds is 2. The summed E-state index contributed by atoms with van der Waals surface area (Å²) in [7, 11) is 0. The minimum absolute atomic E-state index is 0. The molecule has 96 valence electrons. The van der Waals surface area contributed by atoms with Crippen LogP contribution in [0.3, 0.4) is 0 Å². The summed E-state index contributed by atoms with van der Waals surface area (Å²) >= 11 is 0. The third-order valence-corrected chi connectivity index (χ3v) is 2.72. The Labute approximate surface area is 128 Å². The first-order valence-corrected chi connectivity index (χ1v) is 5.99. The largest absolute Gasteiger partial charge is 2.00 e. The van der Waals surface area contributed by atoms with E-state index in [9.17, 15) is 0 Å². The van der Waals surface area contributed by atoms with Crippen LogP contribution in [0.15, 0.2) is 24.3 Å². The molecule has 0 aliphatic heterocycles. The molecule has 1 nitrogen and oxygen atoms in total. The predicted molar refractivity (Wildman–Crippen MR) is 73.4 cm³/mol. The second-order valence-corrected chi connectivity index (χ2v) is 3.95. The van der Waals surface area contributed by atoms with Crippen LogP contribution in [-0.4, -0.2) is 5.11 Å². The fourth-order valence-electron chi connectivity index (χ4n) is 1.81. The zero-order valence-corrected chi connectivity index (χ0v) is 11.6. The van der Waals surface area contributed by atoms with E-state index < -0.39 is 0 Å². The van der Waals surface area contributed by atoms with Crippen LogP contribution in [0.25, 0.3) is 0 Å². The van der Waals surface area contributed by atoms with Crippen molar-refractivity contribution in [1.82, 2.24) is 0 Å². The molecule has 0 spiro atoms. The summed E-state index contributed by atoms with van der Waals surface area (Å²) in [6.07, 6.45) is 18.1. The Kier molecular flexibility index (Phi) is 8.45. The number of aliphatic hydroxyl groups is 1. The van der Waals surface area contributed by atoms with E-state index in [2.05, 4.69) is 12.8 Å². The minimum Gasteiger partial charge on any atom is -0.392 e. The third kappa shape index (κ3) is 5.30. The molecule has 0 aromatic heterocycles. The summed E-state index contributed by atoms with van der Waals surface area (Å²) in [5, 5.41) is 9.12. The monoisotopic (exact) mass is 292 g/mol. The maximum atomic E-state index is 9.12. The topological polar surface area (TPSA) is 20.2 Å². The van der Waals surface area contributed by atoms with E-state index >= 15 is 0 Å². The van der Waals surface area contributed by atoms with Gasteiger partial charge in [-0.3, -0.25) is 0 Å². The molecule has 0 heterocycles. The van der Waals surface area contributed by atoms with Crippen molar-refractivity contribution in [2.24, 2.45) is 0 Å². The molecule has 0 amide bonds. The maximum Gasteiger partial charge on any atom is 2.00 e. The van der Waals surface area contributed by atoms with Crippen molar-refractivity contribution < 1.29 is 22.2 Å². The molecule has 1 N–H and O–H groups in total. The van der Waals surface area contributed by atoms with Gasteiger partial charge in [-0.05, 0) is 68.9 Å². The fraction of sp³-hybridized carbons (Fsp3) is 0.0588. The van der Waals surface area contributed by atoms with Gasteiger partial charge in [-0.15, -0.1) is 0 Å². The molecule has 0 bridgehead atoms. The summed E-state index contributed by atoms with van der Waals surface area (Å²) in [5.41, 5.74) is 2.10. The van der Waals surface area contributed by atoms with E-state index in [1.54, 1.807) is 0 Å². The third-order valence-electron chi connectivity index (χ3n) is 2.72. The molecule has 10 radical (unpaired) electrons. The Morgan fingerprint density at radius 2 is 1.26 bits per heavy atom. The first-order valence-electron chi connectivity index (χ1n) is 5.99. The standard InChI is InChI=1S/C12H11O.C5H5.Fe/c13-9-11-7-3-4-8-12(11)10-5-1-2-6-10;1-2-4-5-3-1;/h1-8,13H,9H2;1-5H;/q;;+2. The number of benzene rings is 1. The second kappa shape index (κ2) is 9.58. The molecule has 19 heavy (non-hydrogen) atoms. The van der Waals surface area contributed by atoms with E-state index in [0.29, 0.717) is 0 Å². The van der Waals surface area contributed by atoms with E-state index in [0.717, 1.165) is 11.1 Å². The van der Waals surface area contributed by atoms with Gasteiger partial charge in [0.15, 0.2) is 0 Å². The van der Waals surface area contributed by atoms with Crippen molar-refractivity contribution in [2.75, 3.05) is 0 Å². The van der Waals surface area contributed by atoms with E-state index in [-0.39, 0.29) is 23.7 Å². The van der Waals surface area contributed by atoms with E-state index in [4.69, 9.17) is 5.11 Å². The van der Waals surface area contributed by atoms with Crippen LogP contribution in [0.2, 0.25) is 0 Å².